The summed E-state index contributed by atoms with van der Waals surface area (Å²) in [6.45, 7) is -1.27. The smallest absolute Gasteiger partial charge is 0.296 e. The van der Waals surface area contributed by atoms with E-state index in [-0.39, 0.29) is 117 Å². The van der Waals surface area contributed by atoms with Crippen molar-refractivity contribution in [2.45, 2.75) is 50.0 Å². The van der Waals surface area contributed by atoms with Gasteiger partial charge in [-0.2, -0.15) is 0 Å². The molecule has 4 atom stereocenters. The number of aromatic nitrogens is 4. The lowest BCUT2D eigenvalue weighted by atomic mass is 10.1. The second-order valence-electron chi connectivity index (χ2n) is 16.8. The van der Waals surface area contributed by atoms with Crippen LogP contribution in [0.5, 0.6) is 0 Å². The van der Waals surface area contributed by atoms with Gasteiger partial charge in [0.15, 0.2) is 0 Å². The van der Waals surface area contributed by atoms with Gasteiger partial charge >= 0.3 is 0 Å². The minimum atomic E-state index is -1.79. The average Bonchev–Trinajstić information content (AvgIpc) is 3.81. The molecule has 4 bridgehead atoms. The van der Waals surface area contributed by atoms with E-state index in [1.54, 1.807) is 0 Å². The molecule has 29 heteroatoms. The fraction of sp³-hybridized carbons (Fsp3) is 0.422. The summed E-state index contributed by atoms with van der Waals surface area (Å²) >= 11 is 0. The van der Waals surface area contributed by atoms with Crippen LogP contribution in [0.4, 0.5) is 0 Å². The molecule has 11 N–H and O–H groups in total. The molecule has 4 aromatic heterocycles. The number of aliphatic hydroxyl groups excluding tert-OH is 1. The molecular formula is C45H55N12O17-. The molecule has 1 saturated heterocycles. The standard InChI is InChI=1S/C45H55N12O17/c46-15-22-73-23-18-49-39(62)30-8-3-19-52(44(67)33-6-1-9-35(58)54(33)69)20-4-16-47-40(63)31-13-11-26(42(65)56(31)71)37(60)50-28-24-74-25-29(28)51-38(61)27-12-14-32(57(72)43(27)66)41(64)48-17-5-21-53(30)45(68)34-7-2-10-36(59)55(34)70/h1-2,6-7,9-14,28-30,41,48,64,70-72H,3-5,8,15-25,46H2,(H,47,63)(H,49,62)(H,50,60)(H,51,61)/q-1/t28-,29+,30?,41?/m1/s1. The van der Waals surface area contributed by atoms with Gasteiger partial charge in [-0.25, -0.2) is 0 Å². The van der Waals surface area contributed by atoms with Gasteiger partial charge in [0.25, 0.3) is 46.2 Å². The van der Waals surface area contributed by atoms with Crippen molar-refractivity contribution in [3.8, 4) is 0 Å². The molecular weight excluding hydrogens is 981 g/mol. The highest BCUT2D eigenvalue weighted by atomic mass is 16.5. The first kappa shape index (κ1) is 54.9. The number of rotatable bonds is 8. The normalized spacial score (nSPS) is 19.7. The Kier molecular flexibility index (Phi) is 18.8. The topological polar surface area (TPSA) is 406 Å². The lowest BCUT2D eigenvalue weighted by Gasteiger charge is -2.32. The molecule has 0 saturated carbocycles. The van der Waals surface area contributed by atoms with E-state index in [2.05, 4.69) is 26.6 Å². The van der Waals surface area contributed by atoms with E-state index in [1.165, 1.54) is 12.1 Å². The van der Waals surface area contributed by atoms with Crippen LogP contribution in [0.2, 0.25) is 0 Å². The first-order valence-electron chi connectivity index (χ1n) is 23.2. The predicted molar refractivity (Wildman–Crippen MR) is 254 cm³/mol. The number of nitrogens with zero attached hydrogens (tertiary/aromatic N) is 6. The van der Waals surface area contributed by atoms with Crippen LogP contribution in [0.15, 0.2) is 79.8 Å². The summed E-state index contributed by atoms with van der Waals surface area (Å²) in [6.07, 6.45) is -2.27. The van der Waals surface area contributed by atoms with E-state index in [0.29, 0.717) is 0 Å². The summed E-state index contributed by atoms with van der Waals surface area (Å²) in [5, 5.41) is 69.0. The van der Waals surface area contributed by atoms with Crippen LogP contribution in [0.1, 0.15) is 89.8 Å². The third-order valence-electron chi connectivity index (χ3n) is 11.9. The number of hydrogen-bond acceptors (Lipinski definition) is 19. The van der Waals surface area contributed by atoms with E-state index in [1.807, 2.05) is 0 Å². The lowest BCUT2D eigenvalue weighted by Crippen LogP contribution is -2.52. The van der Waals surface area contributed by atoms with Crippen molar-refractivity contribution in [2.24, 2.45) is 5.73 Å². The van der Waals surface area contributed by atoms with Gasteiger partial charge in [-0.05, 0) is 68.6 Å². The third-order valence-corrected chi connectivity index (χ3v) is 11.9. The molecule has 0 spiro atoms. The lowest BCUT2D eigenvalue weighted by molar-refractivity contribution is -0.126. The van der Waals surface area contributed by atoms with Crippen molar-refractivity contribution in [3.05, 3.63) is 141 Å². The van der Waals surface area contributed by atoms with Gasteiger partial charge in [0.1, 0.15) is 46.2 Å². The molecule has 6 amide bonds. The quantitative estimate of drug-likeness (QED) is 0.0593. The van der Waals surface area contributed by atoms with Crippen LogP contribution >= 0.6 is 0 Å². The number of amides is 6. The number of pyridine rings is 4. The zero-order valence-electron chi connectivity index (χ0n) is 39.5. The van der Waals surface area contributed by atoms with Crippen LogP contribution < -0.4 is 54.6 Å². The molecule has 2 unspecified atom stereocenters. The number of hydrogen-bond donors (Lipinski definition) is 10. The molecule has 0 aliphatic carbocycles. The van der Waals surface area contributed by atoms with E-state index in [9.17, 15) is 73.9 Å². The SMILES string of the molecule is NCCOCCNC(=O)C1CCCN(C(=O)c2cccc(=O)n2[O-])CCCNC(=O)c2ccc(c(=O)n2O)C(=O)N[C@@H]2COC[C@@H]2NC(=O)c2ccc(n(O)c2=O)C(O)NCCCN1C(=O)c1cccc(=O)n1O. The molecule has 8 rings (SSSR count). The minimum absolute atomic E-state index is 0.00339. The van der Waals surface area contributed by atoms with Crippen LogP contribution in [0.25, 0.3) is 0 Å². The molecule has 8 heterocycles. The van der Waals surface area contributed by atoms with E-state index in [0.717, 1.165) is 58.3 Å². The predicted octanol–water partition coefficient (Wildman–Crippen LogP) is -4.05. The van der Waals surface area contributed by atoms with Crippen molar-refractivity contribution in [1.29, 1.82) is 0 Å². The second-order valence-corrected chi connectivity index (χ2v) is 16.8. The van der Waals surface area contributed by atoms with E-state index >= 15 is 0 Å². The Morgan fingerprint density at radius 1 is 0.716 bits per heavy atom. The first-order valence-corrected chi connectivity index (χ1v) is 23.2. The summed E-state index contributed by atoms with van der Waals surface area (Å²) in [5.41, 5.74) is -2.45. The number of nitrogens with one attached hydrogen (secondary N) is 5. The van der Waals surface area contributed by atoms with Crippen molar-refractivity contribution >= 4 is 35.4 Å². The van der Waals surface area contributed by atoms with Crippen molar-refractivity contribution in [2.75, 3.05) is 72.2 Å². The number of aliphatic hydroxyl groups is 1. The highest BCUT2D eigenvalue weighted by Crippen LogP contribution is 2.17. The fourth-order valence-corrected chi connectivity index (χ4v) is 8.03. The maximum Gasteiger partial charge on any atom is 0.296 e. The van der Waals surface area contributed by atoms with Crippen molar-refractivity contribution < 1.29 is 59.0 Å². The van der Waals surface area contributed by atoms with Gasteiger partial charge in [0.05, 0.1) is 38.5 Å². The fourth-order valence-electron chi connectivity index (χ4n) is 8.03. The largest absolute Gasteiger partial charge is 0.803 e. The molecule has 4 aromatic rings. The molecule has 398 valence electrons. The Morgan fingerprint density at radius 3 is 2.03 bits per heavy atom. The zero-order chi connectivity index (χ0) is 53.6. The molecule has 74 heavy (non-hydrogen) atoms. The molecule has 4 aliphatic rings. The maximum absolute atomic E-state index is 14.4. The second kappa shape index (κ2) is 25.3. The van der Waals surface area contributed by atoms with E-state index < -0.39 is 116 Å². The Hall–Kier alpha value is -8.38. The Labute approximate surface area is 418 Å². The van der Waals surface area contributed by atoms with Gasteiger partial charge < -0.3 is 76.9 Å². The van der Waals surface area contributed by atoms with Gasteiger partial charge in [-0.3, -0.25) is 53.3 Å². The zero-order valence-corrected chi connectivity index (χ0v) is 39.5. The Bertz CT molecular complexity index is 2970. The summed E-state index contributed by atoms with van der Waals surface area (Å²) in [7, 11) is 0. The van der Waals surface area contributed by atoms with Crippen LogP contribution in [0, 0.1) is 5.21 Å². The number of carbonyl (C=O) groups excluding carboxylic acids is 6. The van der Waals surface area contributed by atoms with Gasteiger partial charge in [0, 0.05) is 51.4 Å². The number of ether oxygens (including phenoxy) is 2. The monoisotopic (exact) mass is 1040 g/mol. The Morgan fingerprint density at radius 2 is 1.34 bits per heavy atom. The summed E-state index contributed by atoms with van der Waals surface area (Å²) < 4.78 is 10.7. The number of carbonyl (C=O) groups is 6. The minimum Gasteiger partial charge on any atom is -0.803 e. The van der Waals surface area contributed by atoms with Gasteiger partial charge in [-0.15, -0.1) is 14.2 Å². The van der Waals surface area contributed by atoms with Crippen LogP contribution in [0.3, 0.4) is 0 Å². The molecule has 0 aromatic carbocycles. The summed E-state index contributed by atoms with van der Waals surface area (Å²) in [6, 6.07) is 7.16. The number of fused-ring (bicyclic) bond motifs is 2. The van der Waals surface area contributed by atoms with Crippen molar-refractivity contribution in [1.82, 2.24) is 55.3 Å². The Balaban J connectivity index is 1.35. The van der Waals surface area contributed by atoms with Gasteiger partial charge in [-0.1, -0.05) is 12.1 Å². The average molecular weight is 1040 g/mol. The first-order chi connectivity index (χ1) is 35.4. The van der Waals surface area contributed by atoms with Crippen LogP contribution in [-0.4, -0.2) is 175 Å². The molecule has 1 fully saturated rings. The van der Waals surface area contributed by atoms with Crippen LogP contribution in [-0.2, 0) is 14.3 Å². The highest BCUT2D eigenvalue weighted by molar-refractivity contribution is 5.98. The molecule has 4 aliphatic heterocycles. The van der Waals surface area contributed by atoms with E-state index in [4.69, 9.17) is 15.2 Å². The molecule has 0 radical (unpaired) electrons. The highest BCUT2D eigenvalue weighted by Gasteiger charge is 2.35. The number of nitrogens with two attached hydrogens (primary N) is 1. The summed E-state index contributed by atoms with van der Waals surface area (Å²) in [4.78, 5) is 136. The summed E-state index contributed by atoms with van der Waals surface area (Å²) in [5.74, 6) is -5.74. The maximum atomic E-state index is 14.4. The third kappa shape index (κ3) is 13.0. The van der Waals surface area contributed by atoms with Crippen molar-refractivity contribution in [3.63, 3.8) is 0 Å². The van der Waals surface area contributed by atoms with Gasteiger partial charge in [0.2, 0.25) is 11.5 Å². The molecule has 29 nitrogen and oxygen atoms in total.